The maximum Gasteiger partial charge on any atom is 0.253 e. The first-order valence-corrected chi connectivity index (χ1v) is 11.7. The van der Waals surface area contributed by atoms with Crippen molar-refractivity contribution < 1.29 is 17.9 Å². The summed E-state index contributed by atoms with van der Waals surface area (Å²) in [7, 11) is -3.75. The fraction of sp³-hybridized carbons (Fsp3) is 0.375. The molecule has 0 saturated heterocycles. The highest BCUT2D eigenvalue weighted by molar-refractivity contribution is 7.91. The molecule has 4 N–H and O–H groups in total. The molecule has 0 spiro atoms. The minimum Gasteiger partial charge on any atom is -0.504 e. The van der Waals surface area contributed by atoms with Gasteiger partial charge in [0.25, 0.3) is 10.0 Å². The minimum atomic E-state index is -3.75. The highest BCUT2D eigenvalue weighted by atomic mass is 32.2. The van der Waals surface area contributed by atoms with Crippen LogP contribution < -0.4 is 15.4 Å². The Morgan fingerprint density at radius 3 is 2.68 bits per heavy atom. The summed E-state index contributed by atoms with van der Waals surface area (Å²) in [5.74, 6) is 1.33. The van der Waals surface area contributed by atoms with E-state index in [1.54, 1.807) is 13.2 Å². The van der Waals surface area contributed by atoms with Crippen molar-refractivity contribution in [2.45, 2.75) is 37.4 Å². The number of thiophene rings is 1. The maximum atomic E-state index is 12.1. The Balaban J connectivity index is 1.81. The zero-order valence-electron chi connectivity index (χ0n) is 15.5. The van der Waals surface area contributed by atoms with E-state index in [2.05, 4.69) is 24.1 Å². The van der Waals surface area contributed by atoms with Crippen LogP contribution in [-0.4, -0.2) is 28.8 Å². The van der Waals surface area contributed by atoms with Crippen molar-refractivity contribution in [1.29, 1.82) is 0 Å². The van der Waals surface area contributed by atoms with Gasteiger partial charge < -0.3 is 20.2 Å². The first-order chi connectivity index (χ1) is 13.4. The molecule has 0 radical (unpaired) electrons. The molecular weight excluding hydrogens is 422 g/mol. The Hall–Kier alpha value is -2.15. The third-order valence-corrected chi connectivity index (χ3v) is 7.45. The second-order valence-electron chi connectivity index (χ2n) is 6.00. The smallest absolute Gasteiger partial charge is 0.253 e. The van der Waals surface area contributed by atoms with Crippen LogP contribution in [0.15, 0.2) is 26.3 Å². The standard InChI is InChI=1S/C16H21N5O4S3/c1-4-10(12-6-9(3)7-25-12)18-14-15(21-27-20-14)19-11-8-26-16(13(11)22)28(23,24)17-5-2/h6-8,10,17,22H,4-5H2,1-3H3,(H,18,20)(H,19,21)/t10-/m1/s1. The van der Waals surface area contributed by atoms with Crippen LogP contribution in [0.25, 0.3) is 0 Å². The average Bonchev–Trinajstić information content (AvgIpc) is 3.35. The molecule has 0 saturated carbocycles. The SMILES string of the molecule is CCNS(=O)(=O)c1scc(Nc2nsnc2N[C@H](CC)c2cc(C)co2)c1O. The van der Waals surface area contributed by atoms with E-state index in [1.807, 2.05) is 19.9 Å². The normalized spacial score (nSPS) is 12.8. The van der Waals surface area contributed by atoms with Crippen LogP contribution in [-0.2, 0) is 10.0 Å². The van der Waals surface area contributed by atoms with Gasteiger partial charge in [0.2, 0.25) is 0 Å². The lowest BCUT2D eigenvalue weighted by Crippen LogP contribution is -2.22. The van der Waals surface area contributed by atoms with Gasteiger partial charge in [-0.25, -0.2) is 13.1 Å². The fourth-order valence-electron chi connectivity index (χ4n) is 2.54. The average molecular weight is 444 g/mol. The van der Waals surface area contributed by atoms with Crippen LogP contribution >= 0.6 is 23.1 Å². The van der Waals surface area contributed by atoms with E-state index in [-0.39, 0.29) is 28.2 Å². The number of aromatic nitrogens is 2. The van der Waals surface area contributed by atoms with Gasteiger partial charge in [0.05, 0.1) is 29.7 Å². The summed E-state index contributed by atoms with van der Waals surface area (Å²) in [6.45, 7) is 5.88. The van der Waals surface area contributed by atoms with Crippen molar-refractivity contribution in [3.05, 3.63) is 29.0 Å². The quantitative estimate of drug-likeness (QED) is 0.393. The minimum absolute atomic E-state index is 0.0982. The number of hydrogen-bond donors (Lipinski definition) is 4. The number of anilines is 3. The molecule has 0 amide bonds. The van der Waals surface area contributed by atoms with Gasteiger partial charge in [-0.1, -0.05) is 13.8 Å². The molecule has 0 aromatic carbocycles. The van der Waals surface area contributed by atoms with Crippen LogP contribution in [0, 0.1) is 6.92 Å². The summed E-state index contributed by atoms with van der Waals surface area (Å²) in [6.07, 6.45) is 2.45. The Kier molecular flexibility index (Phi) is 6.23. The number of nitrogens with one attached hydrogen (secondary N) is 3. The first-order valence-electron chi connectivity index (χ1n) is 8.57. The largest absolute Gasteiger partial charge is 0.504 e. The van der Waals surface area contributed by atoms with E-state index in [9.17, 15) is 13.5 Å². The molecule has 0 aliphatic rings. The molecule has 12 heteroatoms. The van der Waals surface area contributed by atoms with Gasteiger partial charge in [0.1, 0.15) is 5.76 Å². The van der Waals surface area contributed by atoms with Gasteiger partial charge in [-0.3, -0.25) is 0 Å². The number of sulfonamides is 1. The van der Waals surface area contributed by atoms with Gasteiger partial charge in [-0.05, 0) is 25.0 Å². The van der Waals surface area contributed by atoms with Crippen molar-refractivity contribution in [3.8, 4) is 5.75 Å². The molecule has 0 aliphatic heterocycles. The Morgan fingerprint density at radius 2 is 2.04 bits per heavy atom. The summed E-state index contributed by atoms with van der Waals surface area (Å²) in [5.41, 5.74) is 1.28. The van der Waals surface area contributed by atoms with Crippen LogP contribution in [0.3, 0.4) is 0 Å². The molecule has 0 aliphatic carbocycles. The monoisotopic (exact) mass is 443 g/mol. The number of nitrogens with zero attached hydrogens (tertiary/aromatic N) is 2. The zero-order valence-corrected chi connectivity index (χ0v) is 18.0. The predicted molar refractivity (Wildman–Crippen MR) is 110 cm³/mol. The molecule has 9 nitrogen and oxygen atoms in total. The number of hydrogen-bond acceptors (Lipinski definition) is 10. The summed E-state index contributed by atoms with van der Waals surface area (Å²) in [5, 5.41) is 18.1. The van der Waals surface area contributed by atoms with Crippen LogP contribution in [0.4, 0.5) is 17.3 Å². The lowest BCUT2D eigenvalue weighted by atomic mass is 10.1. The molecule has 3 heterocycles. The van der Waals surface area contributed by atoms with Crippen molar-refractivity contribution >= 4 is 50.4 Å². The fourth-order valence-corrected chi connectivity index (χ4v) is 5.33. The predicted octanol–water partition coefficient (Wildman–Crippen LogP) is 3.81. The highest BCUT2D eigenvalue weighted by Crippen LogP contribution is 2.40. The number of rotatable bonds is 9. The maximum absolute atomic E-state index is 12.1. The third-order valence-electron chi connectivity index (χ3n) is 3.87. The van der Waals surface area contributed by atoms with E-state index < -0.39 is 10.0 Å². The molecule has 1 atom stereocenters. The zero-order chi connectivity index (χ0) is 20.3. The lowest BCUT2D eigenvalue weighted by molar-refractivity contribution is 0.465. The van der Waals surface area contributed by atoms with Crippen LogP contribution in [0.1, 0.15) is 37.6 Å². The molecule has 3 aromatic rings. The van der Waals surface area contributed by atoms with E-state index in [1.165, 1.54) is 5.38 Å². The number of aromatic hydroxyl groups is 1. The topological polar surface area (TPSA) is 129 Å². The highest BCUT2D eigenvalue weighted by Gasteiger charge is 2.24. The molecule has 0 fully saturated rings. The summed E-state index contributed by atoms with van der Waals surface area (Å²) in [4.78, 5) is 0. The van der Waals surface area contributed by atoms with Crippen molar-refractivity contribution in [1.82, 2.24) is 13.5 Å². The van der Waals surface area contributed by atoms with Gasteiger partial charge in [0.15, 0.2) is 21.6 Å². The summed E-state index contributed by atoms with van der Waals surface area (Å²) < 4.78 is 40.5. The number of furan rings is 1. The molecule has 0 bridgehead atoms. The molecular formula is C16H21N5O4S3. The van der Waals surface area contributed by atoms with Crippen molar-refractivity contribution in [3.63, 3.8) is 0 Å². The van der Waals surface area contributed by atoms with E-state index in [4.69, 9.17) is 4.42 Å². The van der Waals surface area contributed by atoms with Gasteiger partial charge >= 0.3 is 0 Å². The molecule has 28 heavy (non-hydrogen) atoms. The van der Waals surface area contributed by atoms with E-state index >= 15 is 0 Å². The second-order valence-corrected chi connectivity index (χ2v) is 9.38. The second kappa shape index (κ2) is 8.47. The third kappa shape index (κ3) is 4.29. The molecule has 0 unspecified atom stereocenters. The molecule has 3 rings (SSSR count). The van der Waals surface area contributed by atoms with E-state index in [0.29, 0.717) is 11.6 Å². The van der Waals surface area contributed by atoms with Crippen molar-refractivity contribution in [2.75, 3.05) is 17.2 Å². The lowest BCUT2D eigenvalue weighted by Gasteiger charge is -2.15. The molecule has 3 aromatic heterocycles. The Morgan fingerprint density at radius 1 is 1.29 bits per heavy atom. The number of aryl methyl sites for hydroxylation is 1. The first kappa shape index (κ1) is 20.6. The Bertz CT molecular complexity index is 1040. The van der Waals surface area contributed by atoms with Crippen LogP contribution in [0.5, 0.6) is 5.75 Å². The van der Waals surface area contributed by atoms with Crippen molar-refractivity contribution in [2.24, 2.45) is 0 Å². The van der Waals surface area contributed by atoms with Gasteiger partial charge in [-0.2, -0.15) is 8.75 Å². The van der Waals surface area contributed by atoms with Crippen LogP contribution in [0.2, 0.25) is 0 Å². The molecule has 152 valence electrons. The van der Waals surface area contributed by atoms with Gasteiger partial charge in [-0.15, -0.1) is 11.3 Å². The van der Waals surface area contributed by atoms with E-state index in [0.717, 1.165) is 40.8 Å². The summed E-state index contributed by atoms with van der Waals surface area (Å²) in [6, 6.07) is 1.86. The van der Waals surface area contributed by atoms with Gasteiger partial charge in [0, 0.05) is 11.9 Å². The Labute approximate surface area is 171 Å². The summed E-state index contributed by atoms with van der Waals surface area (Å²) >= 11 is 1.93.